The lowest BCUT2D eigenvalue weighted by Gasteiger charge is -2.19. The molecule has 5 nitrogen and oxygen atoms in total. The van der Waals surface area contributed by atoms with Crippen LogP contribution in [0, 0.1) is 0 Å². The number of hydrogen-bond acceptors (Lipinski definition) is 5. The zero-order chi connectivity index (χ0) is 63.5. The summed E-state index contributed by atoms with van der Waals surface area (Å²) in [5.41, 5.74) is 17.0. The molecule has 0 radical (unpaired) electrons. The van der Waals surface area contributed by atoms with Gasteiger partial charge in [-0.25, -0.2) is 9.97 Å². The van der Waals surface area contributed by atoms with Gasteiger partial charge in [-0.1, -0.05) is 261 Å². The molecule has 0 saturated carbocycles. The van der Waals surface area contributed by atoms with Crippen LogP contribution in [0.15, 0.2) is 346 Å². The first-order valence-electron chi connectivity index (χ1n) is 32.6. The molecule has 0 unspecified atom stereocenters. The SMILES string of the molecule is c1ccc(-c2ccc(-c3nc(-c4cc5ccccc5c5ccccc45)cc(-c4cc5ccccc5c5ccccc45)n3)cc2)nc1.c1ccc2cc(-c3c4ccccc4c(-c4ccc5ccccc5c4)c4cc(-c5ccc(-c6cnc7ccccc7c6)nc5)ccc34)ccc2c1. The molecule has 0 aliphatic heterocycles. The van der Waals surface area contributed by atoms with Crippen LogP contribution in [0.1, 0.15) is 0 Å². The van der Waals surface area contributed by atoms with Gasteiger partial charge in [0.1, 0.15) is 0 Å². The van der Waals surface area contributed by atoms with Gasteiger partial charge in [-0.15, -0.1) is 0 Å². The summed E-state index contributed by atoms with van der Waals surface area (Å²) in [6.45, 7) is 0. The summed E-state index contributed by atoms with van der Waals surface area (Å²) >= 11 is 0. The maximum atomic E-state index is 5.27. The molecule has 4 aromatic heterocycles. The summed E-state index contributed by atoms with van der Waals surface area (Å²) < 4.78 is 0. The van der Waals surface area contributed by atoms with Crippen LogP contribution in [-0.4, -0.2) is 24.9 Å². The first-order chi connectivity index (χ1) is 47.6. The normalized spacial score (nSPS) is 11.5. The summed E-state index contributed by atoms with van der Waals surface area (Å²) in [6, 6.07) is 117. The summed E-state index contributed by atoms with van der Waals surface area (Å²) in [5.74, 6) is 0.689. The van der Waals surface area contributed by atoms with Crippen molar-refractivity contribution in [2.45, 2.75) is 0 Å². The quantitative estimate of drug-likeness (QED) is 0.112. The number of pyridine rings is 3. The Morgan fingerprint density at radius 3 is 1.19 bits per heavy atom. The molecule has 0 aliphatic rings. The third-order valence-corrected chi connectivity index (χ3v) is 19.0. The van der Waals surface area contributed by atoms with Gasteiger partial charge in [0, 0.05) is 57.4 Å². The Morgan fingerprint density at radius 1 is 0.188 bits per heavy atom. The van der Waals surface area contributed by atoms with E-state index in [9.17, 15) is 0 Å². The Balaban J connectivity index is 0.000000141. The number of hydrogen-bond donors (Lipinski definition) is 0. The molecule has 19 rings (SSSR count). The molecule has 19 aromatic rings. The van der Waals surface area contributed by atoms with Gasteiger partial charge in [-0.05, 0) is 181 Å². The first kappa shape index (κ1) is 56.0. The molecule has 0 saturated heterocycles. The van der Waals surface area contributed by atoms with E-state index < -0.39 is 0 Å². The van der Waals surface area contributed by atoms with Crippen molar-refractivity contribution in [1.29, 1.82) is 0 Å². The molecule has 0 atom stereocenters. The number of benzene rings is 15. The van der Waals surface area contributed by atoms with Crippen molar-refractivity contribution in [3.8, 4) is 89.8 Å². The van der Waals surface area contributed by atoms with Gasteiger partial charge in [0.25, 0.3) is 0 Å². The van der Waals surface area contributed by atoms with E-state index in [1.54, 1.807) is 0 Å². The van der Waals surface area contributed by atoms with Crippen LogP contribution in [0.4, 0.5) is 0 Å². The Morgan fingerprint density at radius 2 is 0.615 bits per heavy atom. The fourth-order valence-corrected chi connectivity index (χ4v) is 14.3. The molecule has 5 heteroatoms. The van der Waals surface area contributed by atoms with Crippen LogP contribution in [0.25, 0.3) is 187 Å². The molecule has 0 bridgehead atoms. The topological polar surface area (TPSA) is 64.5 Å². The van der Waals surface area contributed by atoms with Crippen molar-refractivity contribution in [1.82, 2.24) is 24.9 Å². The highest BCUT2D eigenvalue weighted by Gasteiger charge is 2.21. The van der Waals surface area contributed by atoms with Crippen molar-refractivity contribution in [3.05, 3.63) is 346 Å². The van der Waals surface area contributed by atoms with Gasteiger partial charge in [0.2, 0.25) is 0 Å². The average molecular weight is 1220 g/mol. The second kappa shape index (κ2) is 23.7. The maximum absolute atomic E-state index is 5.27. The molecular formula is C91H57N5. The smallest absolute Gasteiger partial charge is 0.160 e. The molecule has 0 spiro atoms. The fourth-order valence-electron chi connectivity index (χ4n) is 14.3. The zero-order valence-electron chi connectivity index (χ0n) is 52.1. The minimum absolute atomic E-state index is 0.689. The molecule has 15 aromatic carbocycles. The summed E-state index contributed by atoms with van der Waals surface area (Å²) in [4.78, 5) is 24.7. The van der Waals surface area contributed by atoms with Crippen molar-refractivity contribution in [3.63, 3.8) is 0 Å². The van der Waals surface area contributed by atoms with Crippen molar-refractivity contribution in [2.75, 3.05) is 0 Å². The Bertz CT molecular complexity index is 6120. The number of nitrogens with zero attached hydrogens (tertiary/aromatic N) is 5. The summed E-state index contributed by atoms with van der Waals surface area (Å²) in [5, 5.41) is 20.7. The predicted octanol–water partition coefficient (Wildman–Crippen LogP) is 24.1. The molecule has 0 fully saturated rings. The lowest BCUT2D eigenvalue weighted by Crippen LogP contribution is -1.97. The van der Waals surface area contributed by atoms with Gasteiger partial charge in [-0.3, -0.25) is 15.0 Å². The molecule has 446 valence electrons. The van der Waals surface area contributed by atoms with Crippen LogP contribution in [0.5, 0.6) is 0 Å². The average Bonchev–Trinajstić information content (AvgIpc) is 0.734. The summed E-state index contributed by atoms with van der Waals surface area (Å²) in [7, 11) is 0. The highest BCUT2D eigenvalue weighted by molar-refractivity contribution is 6.23. The summed E-state index contributed by atoms with van der Waals surface area (Å²) in [6.07, 6.45) is 5.73. The third kappa shape index (κ3) is 10.1. The minimum Gasteiger partial charge on any atom is -0.256 e. The number of rotatable bonds is 8. The fraction of sp³-hybridized carbons (Fsp3) is 0. The molecule has 0 N–H and O–H groups in total. The largest absolute Gasteiger partial charge is 0.256 e. The van der Waals surface area contributed by atoms with E-state index in [-0.39, 0.29) is 0 Å². The van der Waals surface area contributed by atoms with Crippen molar-refractivity contribution in [2.24, 2.45) is 0 Å². The van der Waals surface area contributed by atoms with E-state index in [4.69, 9.17) is 15.0 Å². The minimum atomic E-state index is 0.689. The van der Waals surface area contributed by atoms with Crippen LogP contribution < -0.4 is 0 Å². The van der Waals surface area contributed by atoms with Crippen LogP contribution in [0.3, 0.4) is 0 Å². The Kier molecular flexibility index (Phi) is 13.8. The standard InChI is InChI=1S/C48H30N2.C43H27N3/c1-3-11-33-25-37(19-17-31(33)9-1)47-41-14-6-7-15-42(41)48(38-20-18-32-10-2-4-12-34(32)26-38)44-28-35(21-23-43(44)47)39-22-24-46(49-29-39)40-27-36-13-5-8-16-45(36)50-30-40;1-3-13-32-30(11-1)25-38(36-17-7-5-15-34(32)36)41-27-42(39-26-31-12-2-4-14-33(31)35-16-6-8-18-37(35)39)46-43(45-41)29-22-20-28(21-23-29)40-19-9-10-24-44-40/h1-30H;1-27H. The molecule has 96 heavy (non-hydrogen) atoms. The van der Waals surface area contributed by atoms with E-state index in [0.29, 0.717) is 5.82 Å². The maximum Gasteiger partial charge on any atom is 0.160 e. The predicted molar refractivity (Wildman–Crippen MR) is 403 cm³/mol. The highest BCUT2D eigenvalue weighted by atomic mass is 14.9. The highest BCUT2D eigenvalue weighted by Crippen LogP contribution is 2.47. The second-order valence-electron chi connectivity index (χ2n) is 24.7. The monoisotopic (exact) mass is 1220 g/mol. The van der Waals surface area contributed by atoms with E-state index in [1.165, 1.54) is 108 Å². The molecule has 0 aliphatic carbocycles. The number of para-hydroxylation sites is 1. The van der Waals surface area contributed by atoms with E-state index in [2.05, 4.69) is 301 Å². The van der Waals surface area contributed by atoms with Gasteiger partial charge < -0.3 is 0 Å². The van der Waals surface area contributed by atoms with Crippen molar-refractivity contribution < 1.29 is 0 Å². The van der Waals surface area contributed by atoms with E-state index in [1.807, 2.05) is 55.0 Å². The van der Waals surface area contributed by atoms with Crippen LogP contribution in [0.2, 0.25) is 0 Å². The van der Waals surface area contributed by atoms with Gasteiger partial charge in [0.15, 0.2) is 5.82 Å². The lowest BCUT2D eigenvalue weighted by molar-refractivity contribution is 1.19. The molecular weight excluding hydrogens is 1160 g/mol. The Hall–Kier alpha value is -12.8. The third-order valence-electron chi connectivity index (χ3n) is 19.0. The first-order valence-corrected chi connectivity index (χ1v) is 32.6. The van der Waals surface area contributed by atoms with Gasteiger partial charge in [-0.2, -0.15) is 0 Å². The molecule has 0 amide bonds. The number of fused-ring (bicyclic) bond motifs is 11. The van der Waals surface area contributed by atoms with Crippen molar-refractivity contribution >= 4 is 97.1 Å². The number of aromatic nitrogens is 5. The van der Waals surface area contributed by atoms with Crippen LogP contribution >= 0.6 is 0 Å². The lowest BCUT2D eigenvalue weighted by atomic mass is 9.84. The zero-order valence-corrected chi connectivity index (χ0v) is 52.1. The van der Waals surface area contributed by atoms with Gasteiger partial charge in [0.05, 0.1) is 28.3 Å². The van der Waals surface area contributed by atoms with E-state index in [0.717, 1.165) is 72.6 Å². The Labute approximate surface area is 554 Å². The van der Waals surface area contributed by atoms with Crippen LogP contribution in [-0.2, 0) is 0 Å². The van der Waals surface area contributed by atoms with Gasteiger partial charge >= 0.3 is 0 Å². The van der Waals surface area contributed by atoms with E-state index >= 15 is 0 Å². The second-order valence-corrected chi connectivity index (χ2v) is 24.7. The molecule has 4 heterocycles.